The Hall–Kier alpha value is -1.39. The van der Waals surface area contributed by atoms with Gasteiger partial charge < -0.3 is 10.1 Å². The summed E-state index contributed by atoms with van der Waals surface area (Å²) in [5, 5.41) is 3.42. The fraction of sp³-hybridized carbons (Fsp3) is 0.250. The molecule has 0 aromatic heterocycles. The van der Waals surface area contributed by atoms with Crippen LogP contribution in [0.5, 0.6) is 5.75 Å². The molecular weight excluding hydrogens is 321 g/mol. The van der Waals surface area contributed by atoms with Crippen molar-refractivity contribution in [3.63, 3.8) is 0 Å². The summed E-state index contributed by atoms with van der Waals surface area (Å²) >= 11 is 3.53. The van der Waals surface area contributed by atoms with E-state index in [2.05, 4.69) is 27.3 Å². The number of ether oxygens (including phenoxy) is 1. The van der Waals surface area contributed by atoms with Gasteiger partial charge in [-0.15, -0.1) is 0 Å². The zero-order valence-electron chi connectivity index (χ0n) is 11.5. The quantitative estimate of drug-likeness (QED) is 0.870. The van der Waals surface area contributed by atoms with Crippen LogP contribution in [0.3, 0.4) is 0 Å². The summed E-state index contributed by atoms with van der Waals surface area (Å²) in [5.74, 6) is -0.0636. The van der Waals surface area contributed by atoms with E-state index in [1.54, 1.807) is 12.1 Å². The zero-order valence-corrected chi connectivity index (χ0v) is 13.1. The minimum absolute atomic E-state index is 0.108. The Balaban J connectivity index is 2.05. The SMILES string of the molecule is COc1cc(C(C)NCc2ccccc2Br)ccc1F. The monoisotopic (exact) mass is 337 g/mol. The van der Waals surface area contributed by atoms with Crippen molar-refractivity contribution in [1.29, 1.82) is 0 Å². The molecule has 0 bridgehead atoms. The molecule has 2 rings (SSSR count). The van der Waals surface area contributed by atoms with Gasteiger partial charge in [-0.2, -0.15) is 0 Å². The molecule has 0 aliphatic carbocycles. The van der Waals surface area contributed by atoms with Gasteiger partial charge in [-0.05, 0) is 36.2 Å². The molecule has 1 atom stereocenters. The Labute approximate surface area is 127 Å². The van der Waals surface area contributed by atoms with Crippen LogP contribution in [0.25, 0.3) is 0 Å². The summed E-state index contributed by atoms with van der Waals surface area (Å²) in [6, 6.07) is 13.1. The minimum Gasteiger partial charge on any atom is -0.494 e. The predicted molar refractivity (Wildman–Crippen MR) is 82.3 cm³/mol. The molecule has 0 saturated carbocycles. The standard InChI is InChI=1S/C16H17BrFNO/c1-11(12-7-8-15(18)16(9-12)20-2)19-10-13-5-3-4-6-14(13)17/h3-9,11,19H,10H2,1-2H3. The lowest BCUT2D eigenvalue weighted by Crippen LogP contribution is -2.18. The molecule has 0 radical (unpaired) electrons. The summed E-state index contributed by atoms with van der Waals surface area (Å²) in [6.45, 7) is 2.78. The van der Waals surface area contributed by atoms with E-state index in [4.69, 9.17) is 4.74 Å². The molecule has 2 aromatic carbocycles. The maximum atomic E-state index is 13.4. The van der Waals surface area contributed by atoms with Crippen molar-refractivity contribution >= 4 is 15.9 Å². The van der Waals surface area contributed by atoms with Crippen molar-refractivity contribution in [3.05, 3.63) is 63.9 Å². The highest BCUT2D eigenvalue weighted by atomic mass is 79.9. The number of hydrogen-bond donors (Lipinski definition) is 1. The van der Waals surface area contributed by atoms with Crippen molar-refractivity contribution in [2.75, 3.05) is 7.11 Å². The Morgan fingerprint density at radius 1 is 1.25 bits per heavy atom. The van der Waals surface area contributed by atoms with Crippen LogP contribution in [0.4, 0.5) is 4.39 Å². The van der Waals surface area contributed by atoms with Crippen LogP contribution in [0.15, 0.2) is 46.9 Å². The smallest absolute Gasteiger partial charge is 0.165 e. The summed E-state index contributed by atoms with van der Waals surface area (Å²) in [6.07, 6.45) is 0. The second-order valence-electron chi connectivity index (χ2n) is 4.59. The molecule has 1 N–H and O–H groups in total. The van der Waals surface area contributed by atoms with E-state index in [1.165, 1.54) is 18.7 Å². The molecule has 0 aliphatic rings. The minimum atomic E-state index is -0.339. The number of halogens is 2. The molecule has 4 heteroatoms. The van der Waals surface area contributed by atoms with E-state index < -0.39 is 0 Å². The molecule has 0 saturated heterocycles. The number of rotatable bonds is 5. The van der Waals surface area contributed by atoms with E-state index in [0.717, 1.165) is 16.6 Å². The van der Waals surface area contributed by atoms with Crippen LogP contribution >= 0.6 is 15.9 Å². The lowest BCUT2D eigenvalue weighted by Gasteiger charge is -2.16. The highest BCUT2D eigenvalue weighted by Gasteiger charge is 2.10. The molecule has 20 heavy (non-hydrogen) atoms. The molecule has 0 fully saturated rings. The Bertz CT molecular complexity index is 588. The van der Waals surface area contributed by atoms with Crippen LogP contribution in [0.2, 0.25) is 0 Å². The molecule has 0 spiro atoms. The lowest BCUT2D eigenvalue weighted by molar-refractivity contribution is 0.385. The first kappa shape index (κ1) is 15.0. The van der Waals surface area contributed by atoms with Gasteiger partial charge in [-0.3, -0.25) is 0 Å². The van der Waals surface area contributed by atoms with E-state index in [1.807, 2.05) is 25.1 Å². The fourth-order valence-electron chi connectivity index (χ4n) is 1.97. The van der Waals surface area contributed by atoms with Gasteiger partial charge in [0.15, 0.2) is 11.6 Å². The van der Waals surface area contributed by atoms with Gasteiger partial charge in [0.05, 0.1) is 7.11 Å². The number of methoxy groups -OCH3 is 1. The molecule has 0 amide bonds. The maximum Gasteiger partial charge on any atom is 0.165 e. The molecule has 1 unspecified atom stereocenters. The van der Waals surface area contributed by atoms with Gasteiger partial charge >= 0.3 is 0 Å². The highest BCUT2D eigenvalue weighted by Crippen LogP contribution is 2.23. The lowest BCUT2D eigenvalue weighted by atomic mass is 10.1. The van der Waals surface area contributed by atoms with Crippen LogP contribution in [-0.4, -0.2) is 7.11 Å². The van der Waals surface area contributed by atoms with E-state index in [-0.39, 0.29) is 17.6 Å². The van der Waals surface area contributed by atoms with Gasteiger partial charge in [0.1, 0.15) is 0 Å². The van der Waals surface area contributed by atoms with Crippen LogP contribution in [0.1, 0.15) is 24.1 Å². The molecule has 106 valence electrons. The number of benzene rings is 2. The second kappa shape index (κ2) is 6.86. The third kappa shape index (κ3) is 3.58. The van der Waals surface area contributed by atoms with E-state index in [0.29, 0.717) is 0 Å². The van der Waals surface area contributed by atoms with Crippen molar-refractivity contribution in [2.24, 2.45) is 0 Å². The average molecular weight is 338 g/mol. The van der Waals surface area contributed by atoms with Crippen molar-refractivity contribution in [3.8, 4) is 5.75 Å². The normalized spacial score (nSPS) is 12.2. The first-order chi connectivity index (χ1) is 9.61. The number of nitrogens with one attached hydrogen (secondary N) is 1. The van der Waals surface area contributed by atoms with Crippen molar-refractivity contribution in [1.82, 2.24) is 5.32 Å². The van der Waals surface area contributed by atoms with Crippen LogP contribution in [-0.2, 0) is 6.54 Å². The maximum absolute atomic E-state index is 13.4. The molecule has 0 aliphatic heterocycles. The predicted octanol–water partition coefficient (Wildman–Crippen LogP) is 4.45. The Morgan fingerprint density at radius 2 is 2.00 bits per heavy atom. The summed E-state index contributed by atoms with van der Waals surface area (Å²) in [4.78, 5) is 0. The zero-order chi connectivity index (χ0) is 14.5. The van der Waals surface area contributed by atoms with E-state index >= 15 is 0 Å². The summed E-state index contributed by atoms with van der Waals surface area (Å²) < 4.78 is 19.5. The van der Waals surface area contributed by atoms with Gasteiger partial charge in [-0.25, -0.2) is 4.39 Å². The Kier molecular flexibility index (Phi) is 5.15. The third-order valence-corrected chi connectivity index (χ3v) is 4.01. The topological polar surface area (TPSA) is 21.3 Å². The third-order valence-electron chi connectivity index (χ3n) is 3.23. The molecule has 2 nitrogen and oxygen atoms in total. The first-order valence-electron chi connectivity index (χ1n) is 6.42. The van der Waals surface area contributed by atoms with Gasteiger partial charge in [0.25, 0.3) is 0 Å². The first-order valence-corrected chi connectivity index (χ1v) is 7.21. The van der Waals surface area contributed by atoms with Gasteiger partial charge in [-0.1, -0.05) is 40.2 Å². The van der Waals surface area contributed by atoms with Crippen molar-refractivity contribution in [2.45, 2.75) is 19.5 Å². The summed E-state index contributed by atoms with van der Waals surface area (Å²) in [7, 11) is 1.47. The van der Waals surface area contributed by atoms with Crippen molar-refractivity contribution < 1.29 is 9.13 Å². The molecule has 0 heterocycles. The second-order valence-corrected chi connectivity index (χ2v) is 5.44. The highest BCUT2D eigenvalue weighted by molar-refractivity contribution is 9.10. The average Bonchev–Trinajstić information content (AvgIpc) is 2.46. The van der Waals surface area contributed by atoms with E-state index in [9.17, 15) is 4.39 Å². The van der Waals surface area contributed by atoms with Gasteiger partial charge in [0, 0.05) is 17.1 Å². The molecular formula is C16H17BrFNO. The molecule has 2 aromatic rings. The number of hydrogen-bond acceptors (Lipinski definition) is 2. The van der Waals surface area contributed by atoms with Gasteiger partial charge in [0.2, 0.25) is 0 Å². The summed E-state index contributed by atoms with van der Waals surface area (Å²) in [5.41, 5.74) is 2.18. The Morgan fingerprint density at radius 3 is 2.70 bits per heavy atom. The largest absolute Gasteiger partial charge is 0.494 e. The van der Waals surface area contributed by atoms with Crippen LogP contribution in [0, 0.1) is 5.82 Å². The van der Waals surface area contributed by atoms with Crippen LogP contribution < -0.4 is 10.1 Å². The fourth-order valence-corrected chi connectivity index (χ4v) is 2.39.